The smallest absolute Gasteiger partial charge is 0.123 e. The lowest BCUT2D eigenvalue weighted by molar-refractivity contribution is 0.194. The third kappa shape index (κ3) is 3.67. The first-order valence-corrected chi connectivity index (χ1v) is 7.43. The Bertz CT molecular complexity index is 467. The zero-order valence-electron chi connectivity index (χ0n) is 13.5. The van der Waals surface area contributed by atoms with Gasteiger partial charge in [-0.1, -0.05) is 0 Å². The van der Waals surface area contributed by atoms with Gasteiger partial charge in [-0.25, -0.2) is 0 Å². The maximum absolute atomic E-state index is 6.59. The fraction of sp³-hybridized carbons (Fsp3) is 0.625. The van der Waals surface area contributed by atoms with Gasteiger partial charge in [-0.15, -0.1) is 0 Å². The fourth-order valence-electron chi connectivity index (χ4n) is 3.00. The molecule has 1 aromatic rings. The number of rotatable bonds is 4. The lowest BCUT2D eigenvalue weighted by atomic mass is 9.97. The van der Waals surface area contributed by atoms with Gasteiger partial charge in [0.1, 0.15) is 11.5 Å². The van der Waals surface area contributed by atoms with Crippen LogP contribution in [-0.2, 0) is 0 Å². The molecule has 0 radical (unpaired) electrons. The molecule has 1 aromatic carbocycles. The summed E-state index contributed by atoms with van der Waals surface area (Å²) >= 11 is 0. The molecular weight excluding hydrogens is 266 g/mol. The number of likely N-dealkylation sites (N-methyl/N-ethyl adjacent to an activating group) is 2. The molecule has 118 valence electrons. The summed E-state index contributed by atoms with van der Waals surface area (Å²) in [5.41, 5.74) is 7.59. The van der Waals surface area contributed by atoms with E-state index in [1.54, 1.807) is 14.2 Å². The van der Waals surface area contributed by atoms with Crippen molar-refractivity contribution in [1.82, 2.24) is 9.80 Å². The van der Waals surface area contributed by atoms with Gasteiger partial charge in [0.15, 0.2) is 0 Å². The molecule has 2 rings (SSSR count). The molecule has 0 amide bonds. The van der Waals surface area contributed by atoms with Gasteiger partial charge in [0.05, 0.1) is 20.3 Å². The zero-order valence-corrected chi connectivity index (χ0v) is 13.5. The minimum atomic E-state index is -0.111. The highest BCUT2D eigenvalue weighted by atomic mass is 16.5. The van der Waals surface area contributed by atoms with Gasteiger partial charge in [0.2, 0.25) is 0 Å². The molecule has 0 saturated carbocycles. The van der Waals surface area contributed by atoms with Crippen LogP contribution in [0.3, 0.4) is 0 Å². The Balaban J connectivity index is 2.30. The Hall–Kier alpha value is -1.30. The minimum absolute atomic E-state index is 0.111. The molecule has 0 aromatic heterocycles. The molecule has 5 nitrogen and oxygen atoms in total. The zero-order chi connectivity index (χ0) is 15.4. The average molecular weight is 293 g/mol. The molecule has 1 heterocycles. The summed E-state index contributed by atoms with van der Waals surface area (Å²) in [6, 6.07) is 5.97. The van der Waals surface area contributed by atoms with E-state index in [0.29, 0.717) is 0 Å². The fourth-order valence-corrected chi connectivity index (χ4v) is 3.00. The summed E-state index contributed by atoms with van der Waals surface area (Å²) in [4.78, 5) is 4.70. The van der Waals surface area contributed by atoms with Crippen molar-refractivity contribution in [1.29, 1.82) is 0 Å². The maximum atomic E-state index is 6.59. The molecule has 0 bridgehead atoms. The SMILES string of the molecule is COc1ccc(OC)c(C(N)C2CN(C)CCCN2C)c1. The van der Waals surface area contributed by atoms with Gasteiger partial charge in [0, 0.05) is 18.2 Å². The molecular formula is C16H27N3O2. The summed E-state index contributed by atoms with van der Waals surface area (Å²) in [6.45, 7) is 3.13. The highest BCUT2D eigenvalue weighted by Gasteiger charge is 2.29. The third-order valence-electron chi connectivity index (χ3n) is 4.33. The number of nitrogens with zero attached hydrogens (tertiary/aromatic N) is 2. The maximum Gasteiger partial charge on any atom is 0.123 e. The summed E-state index contributed by atoms with van der Waals surface area (Å²) in [5, 5.41) is 0. The van der Waals surface area contributed by atoms with E-state index in [1.807, 2.05) is 18.2 Å². The number of nitrogens with two attached hydrogens (primary N) is 1. The van der Waals surface area contributed by atoms with Crippen molar-refractivity contribution in [2.24, 2.45) is 5.73 Å². The van der Waals surface area contributed by atoms with Gasteiger partial charge >= 0.3 is 0 Å². The average Bonchev–Trinajstić information content (AvgIpc) is 2.67. The van der Waals surface area contributed by atoms with E-state index in [9.17, 15) is 0 Å². The lowest BCUT2D eigenvalue weighted by Crippen LogP contribution is -2.45. The molecule has 1 fully saturated rings. The van der Waals surface area contributed by atoms with E-state index >= 15 is 0 Å². The van der Waals surface area contributed by atoms with Crippen LogP contribution in [-0.4, -0.2) is 63.8 Å². The van der Waals surface area contributed by atoms with E-state index in [1.165, 1.54) is 6.42 Å². The number of ether oxygens (including phenoxy) is 2. The van der Waals surface area contributed by atoms with Crippen LogP contribution in [0.2, 0.25) is 0 Å². The second kappa shape index (κ2) is 7.11. The van der Waals surface area contributed by atoms with Crippen molar-refractivity contribution in [3.8, 4) is 11.5 Å². The van der Waals surface area contributed by atoms with E-state index < -0.39 is 0 Å². The van der Waals surface area contributed by atoms with Crippen LogP contribution >= 0.6 is 0 Å². The van der Waals surface area contributed by atoms with Gasteiger partial charge in [0.25, 0.3) is 0 Å². The molecule has 1 saturated heterocycles. The van der Waals surface area contributed by atoms with E-state index in [0.717, 1.165) is 36.7 Å². The molecule has 0 spiro atoms. The lowest BCUT2D eigenvalue weighted by Gasteiger charge is -2.33. The first kappa shape index (κ1) is 16.1. The first-order chi connectivity index (χ1) is 10.1. The molecule has 0 aliphatic carbocycles. The predicted molar refractivity (Wildman–Crippen MR) is 85.0 cm³/mol. The van der Waals surface area contributed by atoms with E-state index in [2.05, 4.69) is 23.9 Å². The van der Waals surface area contributed by atoms with Gasteiger partial charge < -0.3 is 25.0 Å². The summed E-state index contributed by atoms with van der Waals surface area (Å²) in [5.74, 6) is 1.63. The number of methoxy groups -OCH3 is 2. The summed E-state index contributed by atoms with van der Waals surface area (Å²) < 4.78 is 10.8. The van der Waals surface area contributed by atoms with Crippen molar-refractivity contribution >= 4 is 0 Å². The van der Waals surface area contributed by atoms with Crippen LogP contribution in [0.15, 0.2) is 18.2 Å². The predicted octanol–water partition coefficient (Wildman–Crippen LogP) is 1.34. The van der Waals surface area contributed by atoms with E-state index in [4.69, 9.17) is 15.2 Å². The third-order valence-corrected chi connectivity index (χ3v) is 4.33. The Morgan fingerprint density at radius 3 is 2.62 bits per heavy atom. The first-order valence-electron chi connectivity index (χ1n) is 7.43. The van der Waals surface area contributed by atoms with Crippen LogP contribution in [0.1, 0.15) is 18.0 Å². The quantitative estimate of drug-likeness (QED) is 0.908. The number of hydrogen-bond donors (Lipinski definition) is 1. The van der Waals surface area contributed by atoms with Crippen molar-refractivity contribution in [2.75, 3.05) is 47.9 Å². The highest BCUT2D eigenvalue weighted by molar-refractivity contribution is 5.42. The second-order valence-electron chi connectivity index (χ2n) is 5.80. The molecule has 1 aliphatic heterocycles. The largest absolute Gasteiger partial charge is 0.497 e. The second-order valence-corrected chi connectivity index (χ2v) is 5.80. The molecule has 1 aliphatic rings. The normalized spacial score (nSPS) is 22.6. The van der Waals surface area contributed by atoms with Crippen LogP contribution in [0.25, 0.3) is 0 Å². The Morgan fingerprint density at radius 2 is 1.95 bits per heavy atom. The Morgan fingerprint density at radius 1 is 1.19 bits per heavy atom. The van der Waals surface area contributed by atoms with Crippen LogP contribution in [0.4, 0.5) is 0 Å². The molecule has 2 N–H and O–H groups in total. The summed E-state index contributed by atoms with van der Waals surface area (Å²) in [7, 11) is 7.65. The van der Waals surface area contributed by atoms with Crippen LogP contribution in [0.5, 0.6) is 11.5 Å². The topological polar surface area (TPSA) is 51.0 Å². The number of hydrogen-bond acceptors (Lipinski definition) is 5. The molecule has 21 heavy (non-hydrogen) atoms. The van der Waals surface area contributed by atoms with Crippen molar-refractivity contribution in [3.05, 3.63) is 23.8 Å². The monoisotopic (exact) mass is 293 g/mol. The Labute approximate surface area is 127 Å². The molecule has 2 unspecified atom stereocenters. The van der Waals surface area contributed by atoms with Crippen molar-refractivity contribution in [2.45, 2.75) is 18.5 Å². The van der Waals surface area contributed by atoms with Gasteiger partial charge in [-0.2, -0.15) is 0 Å². The highest BCUT2D eigenvalue weighted by Crippen LogP contribution is 2.31. The standard InChI is InChI=1S/C16H27N3O2/c1-18-8-5-9-19(2)14(11-18)16(17)13-10-12(20-3)6-7-15(13)21-4/h6-7,10,14,16H,5,8-9,11,17H2,1-4H3. The Kier molecular flexibility index (Phi) is 5.45. The number of benzene rings is 1. The van der Waals surface area contributed by atoms with Crippen LogP contribution < -0.4 is 15.2 Å². The minimum Gasteiger partial charge on any atom is -0.497 e. The van der Waals surface area contributed by atoms with Gasteiger partial charge in [-0.3, -0.25) is 0 Å². The van der Waals surface area contributed by atoms with Crippen molar-refractivity contribution < 1.29 is 9.47 Å². The van der Waals surface area contributed by atoms with Crippen LogP contribution in [0, 0.1) is 0 Å². The summed E-state index contributed by atoms with van der Waals surface area (Å²) in [6.07, 6.45) is 1.17. The molecule has 2 atom stereocenters. The van der Waals surface area contributed by atoms with Crippen molar-refractivity contribution in [3.63, 3.8) is 0 Å². The van der Waals surface area contributed by atoms with Gasteiger partial charge in [-0.05, 0) is 51.8 Å². The van der Waals surface area contributed by atoms with E-state index in [-0.39, 0.29) is 12.1 Å². The molecule has 5 heteroatoms.